The van der Waals surface area contributed by atoms with Crippen molar-refractivity contribution in [3.05, 3.63) is 71.9 Å². The SMILES string of the molecule is COc1ccc(-c2ncc(C(=O)N3CCCCC3)c(N3CCC(Cc4ccccc4)CC3)n2)cc1. The number of hydrogen-bond acceptors (Lipinski definition) is 5. The highest BCUT2D eigenvalue weighted by atomic mass is 16.5. The van der Waals surface area contributed by atoms with Gasteiger partial charge in [0, 0.05) is 37.9 Å². The van der Waals surface area contributed by atoms with E-state index in [1.165, 1.54) is 12.0 Å². The molecule has 0 N–H and O–H groups in total. The number of methoxy groups -OCH3 is 1. The van der Waals surface area contributed by atoms with Gasteiger partial charge in [0.1, 0.15) is 17.1 Å². The van der Waals surface area contributed by atoms with Gasteiger partial charge >= 0.3 is 0 Å². The lowest BCUT2D eigenvalue weighted by Crippen LogP contribution is -2.39. The van der Waals surface area contributed by atoms with Gasteiger partial charge in [0.2, 0.25) is 0 Å². The molecule has 0 aliphatic carbocycles. The third-order valence-electron chi connectivity index (χ3n) is 7.27. The maximum atomic E-state index is 13.5. The number of amides is 1. The molecule has 0 unspecified atom stereocenters. The fraction of sp³-hybridized carbons (Fsp3) is 0.414. The second kappa shape index (κ2) is 10.9. The second-order valence-electron chi connectivity index (χ2n) is 9.63. The third-order valence-corrected chi connectivity index (χ3v) is 7.27. The van der Waals surface area contributed by atoms with Gasteiger partial charge in [0.25, 0.3) is 5.91 Å². The molecule has 0 radical (unpaired) electrons. The van der Waals surface area contributed by atoms with Crippen LogP contribution in [-0.2, 0) is 6.42 Å². The molecule has 1 amide bonds. The number of ether oxygens (including phenoxy) is 1. The van der Waals surface area contributed by atoms with Gasteiger partial charge in [0.05, 0.1) is 7.11 Å². The number of rotatable bonds is 6. The van der Waals surface area contributed by atoms with E-state index in [4.69, 9.17) is 9.72 Å². The van der Waals surface area contributed by atoms with Crippen molar-refractivity contribution in [2.45, 2.75) is 38.5 Å². The van der Waals surface area contributed by atoms with Crippen molar-refractivity contribution in [2.75, 3.05) is 38.2 Å². The summed E-state index contributed by atoms with van der Waals surface area (Å²) in [6.07, 6.45) is 8.36. The molecule has 0 bridgehead atoms. The largest absolute Gasteiger partial charge is 0.497 e. The van der Waals surface area contributed by atoms with Crippen LogP contribution in [0.5, 0.6) is 5.75 Å². The van der Waals surface area contributed by atoms with E-state index in [-0.39, 0.29) is 5.91 Å². The molecule has 6 nitrogen and oxygen atoms in total. The molecule has 3 aromatic rings. The van der Waals surface area contributed by atoms with Crippen LogP contribution < -0.4 is 9.64 Å². The van der Waals surface area contributed by atoms with Crippen LogP contribution in [0.15, 0.2) is 60.8 Å². The van der Waals surface area contributed by atoms with Crippen molar-refractivity contribution in [1.82, 2.24) is 14.9 Å². The van der Waals surface area contributed by atoms with E-state index in [2.05, 4.69) is 40.2 Å². The Kier molecular flexibility index (Phi) is 7.26. The minimum absolute atomic E-state index is 0.0624. The quantitative estimate of drug-likeness (QED) is 0.493. The van der Waals surface area contributed by atoms with Gasteiger partial charge in [-0.15, -0.1) is 0 Å². The Morgan fingerprint density at radius 3 is 2.34 bits per heavy atom. The first-order valence-corrected chi connectivity index (χ1v) is 12.8. The van der Waals surface area contributed by atoms with Crippen molar-refractivity contribution in [3.63, 3.8) is 0 Å². The van der Waals surface area contributed by atoms with E-state index in [0.29, 0.717) is 17.3 Å². The molecular formula is C29H34N4O2. The van der Waals surface area contributed by atoms with Gasteiger partial charge < -0.3 is 14.5 Å². The molecule has 0 saturated carbocycles. The summed E-state index contributed by atoms with van der Waals surface area (Å²) in [5.74, 6) is 2.93. The van der Waals surface area contributed by atoms with Crippen LogP contribution in [0.25, 0.3) is 11.4 Å². The van der Waals surface area contributed by atoms with E-state index >= 15 is 0 Å². The molecule has 2 aromatic carbocycles. The van der Waals surface area contributed by atoms with Crippen molar-refractivity contribution in [1.29, 1.82) is 0 Å². The fourth-order valence-electron chi connectivity index (χ4n) is 5.21. The first-order chi connectivity index (χ1) is 17.2. The zero-order valence-electron chi connectivity index (χ0n) is 20.5. The molecule has 3 heterocycles. The number of piperidine rings is 2. The molecule has 5 rings (SSSR count). The van der Waals surface area contributed by atoms with Crippen molar-refractivity contribution >= 4 is 11.7 Å². The highest BCUT2D eigenvalue weighted by Crippen LogP contribution is 2.30. The molecule has 2 saturated heterocycles. The maximum absolute atomic E-state index is 13.5. The predicted octanol–water partition coefficient (Wildman–Crippen LogP) is 5.24. The topological polar surface area (TPSA) is 58.6 Å². The van der Waals surface area contributed by atoms with Crippen LogP contribution in [0.4, 0.5) is 5.82 Å². The first-order valence-electron chi connectivity index (χ1n) is 12.8. The summed E-state index contributed by atoms with van der Waals surface area (Å²) in [4.78, 5) is 27.4. The average molecular weight is 471 g/mol. The number of aromatic nitrogens is 2. The molecule has 2 aliphatic rings. The van der Waals surface area contributed by atoms with Gasteiger partial charge in [0.15, 0.2) is 5.82 Å². The van der Waals surface area contributed by atoms with Crippen molar-refractivity contribution < 1.29 is 9.53 Å². The number of nitrogens with zero attached hydrogens (tertiary/aromatic N) is 4. The van der Waals surface area contributed by atoms with Gasteiger partial charge in [-0.05, 0) is 74.3 Å². The Labute approximate surface area is 208 Å². The zero-order valence-corrected chi connectivity index (χ0v) is 20.5. The van der Waals surface area contributed by atoms with Gasteiger partial charge in [-0.3, -0.25) is 4.79 Å². The van der Waals surface area contributed by atoms with Crippen LogP contribution >= 0.6 is 0 Å². The summed E-state index contributed by atoms with van der Waals surface area (Å²) in [5.41, 5.74) is 2.95. The van der Waals surface area contributed by atoms with Crippen LogP contribution in [0.1, 0.15) is 48.0 Å². The summed E-state index contributed by atoms with van der Waals surface area (Å²) < 4.78 is 5.30. The average Bonchev–Trinajstić information content (AvgIpc) is 2.94. The molecule has 0 spiro atoms. The Hall–Kier alpha value is -3.41. The third kappa shape index (κ3) is 5.47. The zero-order chi connectivity index (χ0) is 24.0. The van der Waals surface area contributed by atoms with Gasteiger partial charge in [-0.1, -0.05) is 30.3 Å². The van der Waals surface area contributed by atoms with E-state index < -0.39 is 0 Å². The van der Waals surface area contributed by atoms with Crippen LogP contribution in [0, 0.1) is 5.92 Å². The molecule has 182 valence electrons. The summed E-state index contributed by atoms with van der Waals surface area (Å²) in [5, 5.41) is 0. The van der Waals surface area contributed by atoms with Gasteiger partial charge in [-0.25, -0.2) is 9.97 Å². The summed E-state index contributed by atoms with van der Waals surface area (Å²) in [6.45, 7) is 3.43. The fourth-order valence-corrected chi connectivity index (χ4v) is 5.21. The Bertz CT molecular complexity index is 1120. The minimum Gasteiger partial charge on any atom is -0.497 e. The number of carbonyl (C=O) groups excluding carboxylic acids is 1. The van der Waals surface area contributed by atoms with Crippen molar-refractivity contribution in [2.24, 2.45) is 5.92 Å². The molecule has 1 aromatic heterocycles. The van der Waals surface area contributed by atoms with E-state index in [9.17, 15) is 4.79 Å². The number of anilines is 1. The predicted molar refractivity (Wildman–Crippen MR) is 139 cm³/mol. The maximum Gasteiger partial charge on any atom is 0.259 e. The molecule has 0 atom stereocenters. The lowest BCUT2D eigenvalue weighted by atomic mass is 9.90. The molecule has 2 aliphatic heterocycles. The summed E-state index contributed by atoms with van der Waals surface area (Å²) in [7, 11) is 1.66. The van der Waals surface area contributed by atoms with E-state index in [1.807, 2.05) is 29.2 Å². The lowest BCUT2D eigenvalue weighted by molar-refractivity contribution is 0.0724. The number of carbonyl (C=O) groups is 1. The minimum atomic E-state index is 0.0624. The Balaban J connectivity index is 1.39. The highest BCUT2D eigenvalue weighted by Gasteiger charge is 2.28. The number of hydrogen-bond donors (Lipinski definition) is 0. The molecule has 35 heavy (non-hydrogen) atoms. The van der Waals surface area contributed by atoms with Crippen LogP contribution in [-0.4, -0.2) is 54.1 Å². The Morgan fingerprint density at radius 2 is 1.66 bits per heavy atom. The Morgan fingerprint density at radius 1 is 0.943 bits per heavy atom. The second-order valence-corrected chi connectivity index (χ2v) is 9.63. The van der Waals surface area contributed by atoms with Crippen LogP contribution in [0.2, 0.25) is 0 Å². The van der Waals surface area contributed by atoms with E-state index in [1.54, 1.807) is 13.3 Å². The smallest absolute Gasteiger partial charge is 0.259 e. The molecular weight excluding hydrogens is 436 g/mol. The summed E-state index contributed by atoms with van der Waals surface area (Å²) >= 11 is 0. The van der Waals surface area contributed by atoms with Crippen molar-refractivity contribution in [3.8, 4) is 17.1 Å². The number of benzene rings is 2. The monoisotopic (exact) mass is 470 g/mol. The van der Waals surface area contributed by atoms with Gasteiger partial charge in [-0.2, -0.15) is 0 Å². The lowest BCUT2D eigenvalue weighted by Gasteiger charge is -2.35. The number of likely N-dealkylation sites (tertiary alicyclic amines) is 1. The van der Waals surface area contributed by atoms with E-state index in [0.717, 1.165) is 75.4 Å². The standard InChI is InChI=1S/C29H34N4O2/c1-35-25-12-10-24(11-13-25)27-30-21-26(29(34)33-16-6-3-7-17-33)28(31-27)32-18-14-23(15-19-32)20-22-8-4-2-5-9-22/h2,4-5,8-13,21,23H,3,6-7,14-20H2,1H3. The molecule has 6 heteroatoms. The summed E-state index contributed by atoms with van der Waals surface area (Å²) in [6, 6.07) is 18.5. The van der Waals surface area contributed by atoms with Crippen LogP contribution in [0.3, 0.4) is 0 Å². The first kappa shape index (κ1) is 23.3. The molecule has 2 fully saturated rings. The highest BCUT2D eigenvalue weighted by molar-refractivity contribution is 5.99. The normalized spacial score (nSPS) is 16.8.